The number of allylic oxidation sites excluding steroid dienone is 1. The Morgan fingerprint density at radius 1 is 1.05 bits per heavy atom. The van der Waals surface area contributed by atoms with Gasteiger partial charge in [-0.25, -0.2) is 4.98 Å². The van der Waals surface area contributed by atoms with Gasteiger partial charge >= 0.3 is 0 Å². The smallest absolute Gasteiger partial charge is 0.234 e. The third-order valence-corrected chi connectivity index (χ3v) is 7.31. The molecule has 6 nitrogen and oxygen atoms in total. The van der Waals surface area contributed by atoms with Crippen LogP contribution in [-0.4, -0.2) is 31.4 Å². The lowest BCUT2D eigenvalue weighted by Crippen LogP contribution is -2.15. The number of nitrogens with zero attached hydrogens (tertiary/aromatic N) is 4. The van der Waals surface area contributed by atoms with Crippen LogP contribution in [0.5, 0.6) is 0 Å². The summed E-state index contributed by atoms with van der Waals surface area (Å²) in [5.41, 5.74) is 5.20. The largest absolute Gasteiger partial charge is 0.325 e. The lowest BCUT2D eigenvalue weighted by atomic mass is 10.0. The Kier molecular flexibility index (Phi) is 7.35. The van der Waals surface area contributed by atoms with Crippen molar-refractivity contribution in [3.05, 3.63) is 102 Å². The minimum atomic E-state index is -0.147. The molecule has 0 aliphatic carbocycles. The molecule has 8 heteroatoms. The third kappa shape index (κ3) is 5.28. The summed E-state index contributed by atoms with van der Waals surface area (Å²) in [6.07, 6.45) is 1.80. The molecule has 2 heterocycles. The second kappa shape index (κ2) is 11.0. The van der Waals surface area contributed by atoms with E-state index < -0.39 is 0 Å². The molecular formula is C29H24ClN5OS. The Morgan fingerprint density at radius 2 is 1.84 bits per heavy atom. The number of nitrogens with one attached hydrogen (secondary N) is 1. The van der Waals surface area contributed by atoms with Gasteiger partial charge in [0.1, 0.15) is 0 Å². The molecule has 3 aromatic carbocycles. The number of benzene rings is 3. The topological polar surface area (TPSA) is 72.7 Å². The Bertz CT molecular complexity index is 1600. The van der Waals surface area contributed by atoms with Gasteiger partial charge in [-0.2, -0.15) is 0 Å². The third-order valence-electron chi connectivity index (χ3n) is 5.93. The summed E-state index contributed by atoms with van der Waals surface area (Å²) in [6, 6.07) is 25.5. The average Bonchev–Trinajstić information content (AvgIpc) is 3.32. The highest BCUT2D eigenvalue weighted by molar-refractivity contribution is 7.99. The monoisotopic (exact) mass is 525 g/mol. The van der Waals surface area contributed by atoms with E-state index in [1.165, 1.54) is 11.8 Å². The second-order valence-electron chi connectivity index (χ2n) is 8.39. The van der Waals surface area contributed by atoms with Gasteiger partial charge < -0.3 is 5.32 Å². The zero-order valence-electron chi connectivity index (χ0n) is 20.2. The van der Waals surface area contributed by atoms with Gasteiger partial charge in [0.25, 0.3) is 0 Å². The predicted molar refractivity (Wildman–Crippen MR) is 152 cm³/mol. The first-order chi connectivity index (χ1) is 18.0. The van der Waals surface area contributed by atoms with Crippen molar-refractivity contribution in [1.82, 2.24) is 19.7 Å². The van der Waals surface area contributed by atoms with Crippen molar-refractivity contribution in [2.45, 2.75) is 18.6 Å². The summed E-state index contributed by atoms with van der Waals surface area (Å²) in [4.78, 5) is 17.6. The molecule has 5 rings (SSSR count). The van der Waals surface area contributed by atoms with E-state index in [1.807, 2.05) is 84.3 Å². The van der Waals surface area contributed by atoms with Gasteiger partial charge in [0, 0.05) is 33.8 Å². The molecule has 5 aromatic rings. The lowest BCUT2D eigenvalue weighted by Gasteiger charge is -2.12. The van der Waals surface area contributed by atoms with Crippen LogP contribution in [0.25, 0.3) is 33.5 Å². The van der Waals surface area contributed by atoms with Crippen molar-refractivity contribution in [2.24, 2.45) is 0 Å². The molecule has 0 unspecified atom stereocenters. The summed E-state index contributed by atoms with van der Waals surface area (Å²) in [5.74, 6) is 0.725. The molecule has 37 heavy (non-hydrogen) atoms. The van der Waals surface area contributed by atoms with Crippen molar-refractivity contribution in [3.8, 4) is 22.6 Å². The summed E-state index contributed by atoms with van der Waals surface area (Å²) in [5, 5.41) is 14.1. The number of amides is 1. The molecule has 0 aliphatic rings. The number of rotatable bonds is 8. The number of halogens is 1. The van der Waals surface area contributed by atoms with E-state index in [0.717, 1.165) is 33.3 Å². The van der Waals surface area contributed by atoms with Crippen molar-refractivity contribution >= 4 is 45.9 Å². The number of fused-ring (bicyclic) bond motifs is 1. The van der Waals surface area contributed by atoms with E-state index in [0.29, 0.717) is 28.2 Å². The van der Waals surface area contributed by atoms with Crippen LogP contribution in [0.15, 0.2) is 96.7 Å². The van der Waals surface area contributed by atoms with Crippen LogP contribution in [-0.2, 0) is 11.3 Å². The van der Waals surface area contributed by atoms with Gasteiger partial charge in [0.15, 0.2) is 11.0 Å². The van der Waals surface area contributed by atoms with Gasteiger partial charge in [-0.1, -0.05) is 84.0 Å². The Hall–Kier alpha value is -3.94. The SMILES string of the molecule is C=CCn1c(SCC(=O)Nc2cccc(Cl)c2C)nnc1-c1cc(-c2ccccc2)nc2ccccc12. The first-order valence-corrected chi connectivity index (χ1v) is 13.1. The fraction of sp³-hybridized carbons (Fsp3) is 0.103. The Labute approximate surface area is 224 Å². The molecule has 1 amide bonds. The number of para-hydroxylation sites is 1. The van der Waals surface area contributed by atoms with Crippen molar-refractivity contribution < 1.29 is 4.79 Å². The molecule has 184 valence electrons. The molecule has 0 bridgehead atoms. The van der Waals surface area contributed by atoms with E-state index in [4.69, 9.17) is 16.6 Å². The molecule has 0 aliphatic heterocycles. The zero-order chi connectivity index (χ0) is 25.8. The maximum absolute atomic E-state index is 12.7. The Balaban J connectivity index is 1.48. The van der Waals surface area contributed by atoms with E-state index in [9.17, 15) is 4.79 Å². The predicted octanol–water partition coefficient (Wildman–Crippen LogP) is 7.04. The van der Waals surface area contributed by atoms with Crippen LogP contribution >= 0.6 is 23.4 Å². The first kappa shape index (κ1) is 24.7. The quantitative estimate of drug-likeness (QED) is 0.174. The number of thioether (sulfide) groups is 1. The molecule has 0 spiro atoms. The van der Waals surface area contributed by atoms with Gasteiger partial charge in [0.2, 0.25) is 5.91 Å². The number of pyridine rings is 1. The standard InChI is InChI=1S/C29H24ClN5OS/c1-3-16-35-28(33-34-29(35)37-18-27(36)32-24-15-9-13-23(30)19(24)2)22-17-26(20-10-5-4-6-11-20)31-25-14-8-7-12-21(22)25/h3-15,17H,1,16,18H2,2H3,(H,32,36). The maximum Gasteiger partial charge on any atom is 0.234 e. The van der Waals surface area contributed by atoms with Gasteiger partial charge in [-0.05, 0) is 36.8 Å². The highest BCUT2D eigenvalue weighted by Crippen LogP contribution is 2.33. The fourth-order valence-electron chi connectivity index (χ4n) is 4.06. The van der Waals surface area contributed by atoms with Crippen LogP contribution in [0.2, 0.25) is 5.02 Å². The van der Waals surface area contributed by atoms with Crippen LogP contribution in [0, 0.1) is 6.92 Å². The molecule has 0 saturated carbocycles. The number of hydrogen-bond acceptors (Lipinski definition) is 5. The van der Waals surface area contributed by atoms with E-state index in [1.54, 1.807) is 12.1 Å². The first-order valence-electron chi connectivity index (χ1n) is 11.7. The van der Waals surface area contributed by atoms with Gasteiger partial charge in [0.05, 0.1) is 17.0 Å². The van der Waals surface area contributed by atoms with Crippen LogP contribution in [0.1, 0.15) is 5.56 Å². The van der Waals surface area contributed by atoms with E-state index in [2.05, 4.69) is 22.1 Å². The van der Waals surface area contributed by atoms with E-state index in [-0.39, 0.29) is 11.7 Å². The molecule has 0 saturated heterocycles. The molecule has 1 N–H and O–H groups in total. The molecule has 0 atom stereocenters. The summed E-state index contributed by atoms with van der Waals surface area (Å²) >= 11 is 7.51. The van der Waals surface area contributed by atoms with Crippen LogP contribution in [0.3, 0.4) is 0 Å². The number of carbonyl (C=O) groups is 1. The van der Waals surface area contributed by atoms with Crippen LogP contribution < -0.4 is 5.32 Å². The molecule has 0 radical (unpaired) electrons. The highest BCUT2D eigenvalue weighted by Gasteiger charge is 2.19. The van der Waals surface area contributed by atoms with Crippen LogP contribution in [0.4, 0.5) is 5.69 Å². The number of aromatic nitrogens is 4. The molecule has 2 aromatic heterocycles. The minimum absolute atomic E-state index is 0.147. The van der Waals surface area contributed by atoms with Crippen molar-refractivity contribution in [3.63, 3.8) is 0 Å². The Morgan fingerprint density at radius 3 is 2.65 bits per heavy atom. The summed E-state index contributed by atoms with van der Waals surface area (Å²) < 4.78 is 1.98. The lowest BCUT2D eigenvalue weighted by molar-refractivity contribution is -0.113. The van der Waals surface area contributed by atoms with Crippen molar-refractivity contribution in [2.75, 3.05) is 11.1 Å². The van der Waals surface area contributed by atoms with E-state index >= 15 is 0 Å². The van der Waals surface area contributed by atoms with Gasteiger partial charge in [-0.3, -0.25) is 9.36 Å². The zero-order valence-corrected chi connectivity index (χ0v) is 21.8. The normalized spacial score (nSPS) is 11.0. The summed E-state index contributed by atoms with van der Waals surface area (Å²) in [7, 11) is 0. The highest BCUT2D eigenvalue weighted by atomic mass is 35.5. The minimum Gasteiger partial charge on any atom is -0.325 e. The number of carbonyl (C=O) groups excluding carboxylic acids is 1. The number of hydrogen-bond donors (Lipinski definition) is 1. The second-order valence-corrected chi connectivity index (χ2v) is 9.74. The maximum atomic E-state index is 12.7. The summed E-state index contributed by atoms with van der Waals surface area (Å²) in [6.45, 7) is 6.29. The fourth-order valence-corrected chi connectivity index (χ4v) is 4.99. The van der Waals surface area contributed by atoms with Gasteiger partial charge in [-0.15, -0.1) is 16.8 Å². The molecule has 0 fully saturated rings. The van der Waals surface area contributed by atoms with Crippen molar-refractivity contribution in [1.29, 1.82) is 0 Å². The average molecular weight is 526 g/mol. The number of anilines is 1. The molecular weight excluding hydrogens is 502 g/mol.